The second kappa shape index (κ2) is 8.15. The number of hydrogen-bond donors (Lipinski definition) is 2. The molecule has 2 aliphatic heterocycles. The Bertz CT molecular complexity index is 1540. The minimum absolute atomic E-state index is 0. The first-order valence-corrected chi connectivity index (χ1v) is 10.4. The van der Waals surface area contributed by atoms with Crippen LogP contribution in [0.2, 0.25) is 5.02 Å². The highest BCUT2D eigenvalue weighted by atomic mass is 35.5. The van der Waals surface area contributed by atoms with Crippen LogP contribution in [0.4, 0.5) is 0 Å². The number of aromatic nitrogens is 4. The van der Waals surface area contributed by atoms with Crippen molar-refractivity contribution >= 4 is 70.4 Å². The van der Waals surface area contributed by atoms with Crippen molar-refractivity contribution in [2.45, 2.75) is 0 Å². The fourth-order valence-corrected chi connectivity index (χ4v) is 4.01. The van der Waals surface area contributed by atoms with Gasteiger partial charge in [-0.25, -0.2) is 9.97 Å². The van der Waals surface area contributed by atoms with Gasteiger partial charge in [-0.3, -0.25) is 0 Å². The van der Waals surface area contributed by atoms with Crippen molar-refractivity contribution < 1.29 is 0 Å². The number of fused-ring (bicyclic) bond motifs is 8. The number of H-pyrrole nitrogens is 2. The van der Waals surface area contributed by atoms with Crippen LogP contribution in [-0.4, -0.2) is 19.9 Å². The highest BCUT2D eigenvalue weighted by Crippen LogP contribution is 2.28. The van der Waals surface area contributed by atoms with Crippen LogP contribution in [0.25, 0.3) is 57.5 Å². The van der Waals surface area contributed by atoms with Gasteiger partial charge in [0.05, 0.1) is 22.8 Å². The SMILES string of the molecule is Cl.Clc1ccc(-c2cc3cc4nc(cc5ccc(cc6nc(cc2[nH]3)C=C6)[nH]5)C=C4)cc1. The molecule has 0 atom stereocenters. The standard InChI is InChI=1S/C26H17ClN4.ClH/c27-17-3-1-16(2-4-17)25-14-24-13-22-8-7-20(29-22)11-18-5-6-19(28-18)12-21-9-10-23(30-21)15-26(25)31-24;/h1-15,28,31H;1H. The summed E-state index contributed by atoms with van der Waals surface area (Å²) in [5.41, 5.74) is 9.79. The van der Waals surface area contributed by atoms with E-state index in [0.29, 0.717) is 0 Å². The second-order valence-electron chi connectivity index (χ2n) is 7.60. The van der Waals surface area contributed by atoms with E-state index in [1.807, 2.05) is 72.8 Å². The summed E-state index contributed by atoms with van der Waals surface area (Å²) < 4.78 is 0. The summed E-state index contributed by atoms with van der Waals surface area (Å²) >= 11 is 6.10. The van der Waals surface area contributed by atoms with Crippen LogP contribution < -0.4 is 0 Å². The van der Waals surface area contributed by atoms with Gasteiger partial charge in [0, 0.05) is 32.7 Å². The molecule has 32 heavy (non-hydrogen) atoms. The predicted octanol–water partition coefficient (Wildman–Crippen LogP) is 7.40. The number of nitrogens with one attached hydrogen (secondary N) is 2. The minimum atomic E-state index is 0. The smallest absolute Gasteiger partial charge is 0.0658 e. The van der Waals surface area contributed by atoms with Crippen LogP contribution in [-0.2, 0) is 0 Å². The molecule has 0 unspecified atom stereocenters. The van der Waals surface area contributed by atoms with Crippen molar-refractivity contribution in [1.82, 2.24) is 19.9 Å². The first-order chi connectivity index (χ1) is 15.2. The molecule has 4 nitrogen and oxygen atoms in total. The van der Waals surface area contributed by atoms with Gasteiger partial charge in [-0.2, -0.15) is 0 Å². The molecule has 5 heterocycles. The lowest BCUT2D eigenvalue weighted by atomic mass is 10.1. The summed E-state index contributed by atoms with van der Waals surface area (Å²) in [6, 6.07) is 22.3. The molecule has 0 amide bonds. The highest BCUT2D eigenvalue weighted by molar-refractivity contribution is 6.30. The summed E-state index contributed by atoms with van der Waals surface area (Å²) in [4.78, 5) is 16.4. The number of benzene rings is 1. The maximum Gasteiger partial charge on any atom is 0.0658 e. The zero-order valence-electron chi connectivity index (χ0n) is 16.8. The Morgan fingerprint density at radius 1 is 0.562 bits per heavy atom. The summed E-state index contributed by atoms with van der Waals surface area (Å²) in [5, 5.41) is 0.720. The van der Waals surface area contributed by atoms with Crippen LogP contribution >= 0.6 is 24.0 Å². The molecule has 8 bridgehead atoms. The van der Waals surface area contributed by atoms with Gasteiger partial charge in [0.25, 0.3) is 0 Å². The van der Waals surface area contributed by atoms with Crippen LogP contribution in [0.3, 0.4) is 0 Å². The van der Waals surface area contributed by atoms with E-state index in [9.17, 15) is 0 Å². The van der Waals surface area contributed by atoms with E-state index >= 15 is 0 Å². The Labute approximate surface area is 195 Å². The monoisotopic (exact) mass is 456 g/mol. The molecule has 4 aromatic rings. The Morgan fingerprint density at radius 2 is 1.09 bits per heavy atom. The van der Waals surface area contributed by atoms with Gasteiger partial charge in [0.15, 0.2) is 0 Å². The Balaban J connectivity index is 0.00000216. The molecule has 0 fully saturated rings. The molecule has 1 aromatic carbocycles. The fraction of sp³-hybridized carbons (Fsp3) is 0. The van der Waals surface area contributed by atoms with Crippen molar-refractivity contribution in [3.8, 4) is 11.1 Å². The lowest BCUT2D eigenvalue weighted by Crippen LogP contribution is -1.77. The van der Waals surface area contributed by atoms with Crippen molar-refractivity contribution in [3.05, 3.63) is 94.5 Å². The molecule has 0 aliphatic carbocycles. The van der Waals surface area contributed by atoms with E-state index in [4.69, 9.17) is 21.6 Å². The average Bonchev–Trinajstić information content (AvgIpc) is 3.54. The number of rotatable bonds is 1. The molecule has 2 aliphatic rings. The third kappa shape index (κ3) is 3.98. The minimum Gasteiger partial charge on any atom is -0.355 e. The zero-order chi connectivity index (χ0) is 20.8. The topological polar surface area (TPSA) is 57.4 Å². The van der Waals surface area contributed by atoms with Crippen LogP contribution in [0.1, 0.15) is 22.8 Å². The van der Waals surface area contributed by atoms with Crippen molar-refractivity contribution in [2.75, 3.05) is 0 Å². The highest BCUT2D eigenvalue weighted by Gasteiger charge is 2.07. The third-order valence-electron chi connectivity index (χ3n) is 5.32. The summed E-state index contributed by atoms with van der Waals surface area (Å²) in [5.74, 6) is 0. The maximum atomic E-state index is 6.10. The maximum absolute atomic E-state index is 6.10. The molecule has 6 rings (SSSR count). The number of hydrogen-bond acceptors (Lipinski definition) is 2. The number of aromatic amines is 2. The van der Waals surface area contributed by atoms with E-state index in [1.165, 1.54) is 0 Å². The summed E-state index contributed by atoms with van der Waals surface area (Å²) in [6.45, 7) is 0. The van der Waals surface area contributed by atoms with E-state index in [0.717, 1.165) is 61.0 Å². The van der Waals surface area contributed by atoms with Crippen molar-refractivity contribution in [2.24, 2.45) is 0 Å². The number of nitrogens with zero attached hydrogens (tertiary/aromatic N) is 2. The predicted molar refractivity (Wildman–Crippen MR) is 137 cm³/mol. The van der Waals surface area contributed by atoms with Gasteiger partial charge >= 0.3 is 0 Å². The van der Waals surface area contributed by atoms with E-state index in [-0.39, 0.29) is 12.4 Å². The molecule has 3 aromatic heterocycles. The van der Waals surface area contributed by atoms with Crippen LogP contribution in [0, 0.1) is 0 Å². The number of halogens is 2. The van der Waals surface area contributed by atoms with E-state index < -0.39 is 0 Å². The van der Waals surface area contributed by atoms with Gasteiger partial charge < -0.3 is 9.97 Å². The zero-order valence-corrected chi connectivity index (χ0v) is 18.4. The van der Waals surface area contributed by atoms with E-state index in [2.05, 4.69) is 28.2 Å². The second-order valence-corrected chi connectivity index (χ2v) is 8.03. The Kier molecular flexibility index (Phi) is 5.17. The lowest BCUT2D eigenvalue weighted by molar-refractivity contribution is 1.31. The Morgan fingerprint density at radius 3 is 1.69 bits per heavy atom. The molecule has 6 heteroatoms. The lowest BCUT2D eigenvalue weighted by Gasteiger charge is -1.99. The van der Waals surface area contributed by atoms with Crippen molar-refractivity contribution in [1.29, 1.82) is 0 Å². The quantitative estimate of drug-likeness (QED) is 0.270. The molecule has 156 valence electrons. The molecule has 0 saturated carbocycles. The van der Waals surface area contributed by atoms with Gasteiger partial charge in [-0.05, 0) is 84.5 Å². The molecule has 0 saturated heterocycles. The molecule has 2 N–H and O–H groups in total. The summed E-state index contributed by atoms with van der Waals surface area (Å²) in [6.07, 6.45) is 8.10. The molecular formula is C26H18Cl2N4. The van der Waals surface area contributed by atoms with Crippen LogP contribution in [0.5, 0.6) is 0 Å². The Hall–Kier alpha value is -3.60. The van der Waals surface area contributed by atoms with Gasteiger partial charge in [-0.15, -0.1) is 12.4 Å². The average molecular weight is 457 g/mol. The molecule has 0 radical (unpaired) electrons. The summed E-state index contributed by atoms with van der Waals surface area (Å²) in [7, 11) is 0. The van der Waals surface area contributed by atoms with Gasteiger partial charge in [0.2, 0.25) is 0 Å². The fourth-order valence-electron chi connectivity index (χ4n) is 3.89. The molecular weight excluding hydrogens is 439 g/mol. The largest absolute Gasteiger partial charge is 0.355 e. The first-order valence-electron chi connectivity index (χ1n) is 10.0. The van der Waals surface area contributed by atoms with Gasteiger partial charge in [0.1, 0.15) is 0 Å². The molecule has 0 spiro atoms. The van der Waals surface area contributed by atoms with Crippen molar-refractivity contribution in [3.63, 3.8) is 0 Å². The first kappa shape index (κ1) is 20.3. The third-order valence-corrected chi connectivity index (χ3v) is 5.58. The van der Waals surface area contributed by atoms with E-state index in [1.54, 1.807) is 0 Å². The van der Waals surface area contributed by atoms with Crippen LogP contribution in [0.15, 0.2) is 66.7 Å². The normalized spacial score (nSPS) is 12.0. The van der Waals surface area contributed by atoms with Gasteiger partial charge in [-0.1, -0.05) is 23.7 Å².